The van der Waals surface area contributed by atoms with E-state index < -0.39 is 0 Å². The Kier molecular flexibility index (Phi) is 6.59. The Labute approximate surface area is 121 Å². The number of rotatable bonds is 6. The highest BCUT2D eigenvalue weighted by Gasteiger charge is 2.35. The zero-order chi connectivity index (χ0) is 14.5. The largest absolute Gasteiger partial charge is 0.317 e. The Morgan fingerprint density at radius 3 is 2.42 bits per heavy atom. The van der Waals surface area contributed by atoms with Crippen molar-refractivity contribution in [2.24, 2.45) is 23.2 Å². The van der Waals surface area contributed by atoms with Gasteiger partial charge in [-0.3, -0.25) is 0 Å². The molecule has 1 heteroatoms. The fraction of sp³-hybridized carbons (Fsp3) is 0.889. The van der Waals surface area contributed by atoms with Crippen LogP contribution in [0.2, 0.25) is 0 Å². The number of hydrogen-bond donors (Lipinski definition) is 1. The van der Waals surface area contributed by atoms with Crippen LogP contribution in [0.3, 0.4) is 0 Å². The fourth-order valence-electron chi connectivity index (χ4n) is 3.50. The van der Waals surface area contributed by atoms with E-state index in [1.165, 1.54) is 44.2 Å². The molecular weight excluding hydrogens is 230 g/mol. The quantitative estimate of drug-likeness (QED) is 0.664. The van der Waals surface area contributed by atoms with Gasteiger partial charge in [-0.1, -0.05) is 33.3 Å². The first-order valence-electron chi connectivity index (χ1n) is 8.19. The molecule has 0 aromatic rings. The lowest BCUT2D eigenvalue weighted by atomic mass is 9.64. The molecule has 1 aliphatic carbocycles. The van der Waals surface area contributed by atoms with E-state index in [1.807, 2.05) is 0 Å². The fourth-order valence-corrected chi connectivity index (χ4v) is 3.50. The average molecular weight is 265 g/mol. The maximum atomic E-state index is 4.08. The maximum Gasteiger partial charge on any atom is -0.00180 e. The Morgan fingerprint density at radius 1 is 1.21 bits per heavy atom. The van der Waals surface area contributed by atoms with E-state index in [0.717, 1.165) is 24.3 Å². The molecule has 0 aliphatic heterocycles. The van der Waals surface area contributed by atoms with Gasteiger partial charge in [-0.15, -0.1) is 6.58 Å². The summed E-state index contributed by atoms with van der Waals surface area (Å²) in [6.07, 6.45) is 6.81. The smallest absolute Gasteiger partial charge is 0.00180 e. The molecule has 19 heavy (non-hydrogen) atoms. The van der Waals surface area contributed by atoms with Crippen LogP contribution < -0.4 is 5.32 Å². The molecule has 0 saturated heterocycles. The van der Waals surface area contributed by atoms with Gasteiger partial charge in [-0.25, -0.2) is 0 Å². The normalized spacial score (nSPS) is 28.4. The predicted octanol–water partition coefficient (Wildman–Crippen LogP) is 5.03. The molecule has 1 saturated carbocycles. The molecule has 1 N–H and O–H groups in total. The zero-order valence-electron chi connectivity index (χ0n) is 13.9. The van der Waals surface area contributed by atoms with E-state index in [9.17, 15) is 0 Å². The minimum atomic E-state index is 0.477. The van der Waals surface area contributed by atoms with E-state index >= 15 is 0 Å². The van der Waals surface area contributed by atoms with Crippen molar-refractivity contribution in [2.45, 2.75) is 66.7 Å². The van der Waals surface area contributed by atoms with Gasteiger partial charge < -0.3 is 5.32 Å². The maximum absolute atomic E-state index is 4.08. The topological polar surface area (TPSA) is 12.0 Å². The highest BCUT2D eigenvalue weighted by molar-refractivity contribution is 4.92. The van der Waals surface area contributed by atoms with Crippen LogP contribution in [0.5, 0.6) is 0 Å². The molecule has 1 rings (SSSR count). The monoisotopic (exact) mass is 265 g/mol. The van der Waals surface area contributed by atoms with Gasteiger partial charge in [0, 0.05) is 0 Å². The summed E-state index contributed by atoms with van der Waals surface area (Å²) in [6.45, 7) is 18.0. The summed E-state index contributed by atoms with van der Waals surface area (Å²) in [5.74, 6) is 2.69. The Morgan fingerprint density at radius 2 is 1.89 bits per heavy atom. The first kappa shape index (κ1) is 16.8. The number of allylic oxidation sites excluding steroid dienone is 1. The number of nitrogens with one attached hydrogen (secondary N) is 1. The van der Waals surface area contributed by atoms with Crippen molar-refractivity contribution in [1.29, 1.82) is 0 Å². The van der Waals surface area contributed by atoms with Crippen molar-refractivity contribution >= 4 is 0 Å². The lowest BCUT2D eigenvalue weighted by Crippen LogP contribution is -2.36. The van der Waals surface area contributed by atoms with Crippen molar-refractivity contribution in [3.8, 4) is 0 Å². The minimum Gasteiger partial charge on any atom is -0.317 e. The minimum absolute atomic E-state index is 0.477. The van der Waals surface area contributed by atoms with Gasteiger partial charge in [-0.2, -0.15) is 0 Å². The molecular formula is C18H35N. The van der Waals surface area contributed by atoms with E-state index in [0.29, 0.717) is 5.41 Å². The molecule has 1 nitrogen and oxygen atoms in total. The van der Waals surface area contributed by atoms with Crippen LogP contribution in [-0.2, 0) is 0 Å². The van der Waals surface area contributed by atoms with E-state index in [2.05, 4.69) is 46.5 Å². The van der Waals surface area contributed by atoms with Crippen LogP contribution in [0.25, 0.3) is 0 Å². The van der Waals surface area contributed by atoms with Gasteiger partial charge in [-0.05, 0) is 75.3 Å². The van der Waals surface area contributed by atoms with Gasteiger partial charge in [0.05, 0.1) is 0 Å². The molecule has 0 bridgehead atoms. The van der Waals surface area contributed by atoms with Gasteiger partial charge in [0.25, 0.3) is 0 Å². The molecule has 1 fully saturated rings. The van der Waals surface area contributed by atoms with Crippen molar-refractivity contribution in [2.75, 3.05) is 13.1 Å². The van der Waals surface area contributed by atoms with Crippen molar-refractivity contribution in [3.05, 3.63) is 12.2 Å². The molecule has 0 radical (unpaired) electrons. The Hall–Kier alpha value is -0.300. The first-order valence-corrected chi connectivity index (χ1v) is 8.19. The van der Waals surface area contributed by atoms with Crippen molar-refractivity contribution in [3.63, 3.8) is 0 Å². The van der Waals surface area contributed by atoms with Gasteiger partial charge in [0.2, 0.25) is 0 Å². The van der Waals surface area contributed by atoms with Crippen LogP contribution in [0, 0.1) is 23.2 Å². The van der Waals surface area contributed by atoms with Gasteiger partial charge in [0.15, 0.2) is 0 Å². The van der Waals surface area contributed by atoms with Crippen LogP contribution in [0.4, 0.5) is 0 Å². The third kappa shape index (κ3) is 5.69. The second kappa shape index (κ2) is 7.47. The molecule has 0 amide bonds. The summed E-state index contributed by atoms with van der Waals surface area (Å²) in [4.78, 5) is 0. The highest BCUT2D eigenvalue weighted by Crippen LogP contribution is 2.44. The third-order valence-electron chi connectivity index (χ3n) is 4.96. The molecule has 0 aromatic heterocycles. The predicted molar refractivity (Wildman–Crippen MR) is 86.4 cm³/mol. The van der Waals surface area contributed by atoms with E-state index in [4.69, 9.17) is 0 Å². The zero-order valence-corrected chi connectivity index (χ0v) is 13.9. The molecule has 0 spiro atoms. The first-order chi connectivity index (χ1) is 8.84. The summed E-state index contributed by atoms with van der Waals surface area (Å²) < 4.78 is 0. The molecule has 3 atom stereocenters. The SMILES string of the molecule is C=C(C)CCC1CC(C(C)(C)C)CCC1CNCC. The third-order valence-corrected chi connectivity index (χ3v) is 4.96. The summed E-state index contributed by atoms with van der Waals surface area (Å²) in [5.41, 5.74) is 1.82. The van der Waals surface area contributed by atoms with Crippen LogP contribution in [0.15, 0.2) is 12.2 Å². The summed E-state index contributed by atoms with van der Waals surface area (Å²) >= 11 is 0. The van der Waals surface area contributed by atoms with Crippen molar-refractivity contribution in [1.82, 2.24) is 5.32 Å². The van der Waals surface area contributed by atoms with E-state index in [1.54, 1.807) is 0 Å². The second-order valence-electron chi connectivity index (χ2n) is 7.70. The van der Waals surface area contributed by atoms with E-state index in [-0.39, 0.29) is 0 Å². The molecule has 1 aliphatic rings. The summed E-state index contributed by atoms with van der Waals surface area (Å²) in [6, 6.07) is 0. The molecule has 0 heterocycles. The van der Waals surface area contributed by atoms with Crippen LogP contribution in [0.1, 0.15) is 66.7 Å². The standard InChI is InChI=1S/C18H35N/c1-7-19-13-16-10-11-17(18(4,5)6)12-15(16)9-8-14(2)3/h15-17,19H,2,7-13H2,1,3-6H3. The Balaban J connectivity index is 2.60. The molecule has 112 valence electrons. The highest BCUT2D eigenvalue weighted by atomic mass is 14.8. The molecule has 3 unspecified atom stereocenters. The molecule has 0 aromatic carbocycles. The summed E-state index contributed by atoms with van der Waals surface area (Å²) in [5, 5.41) is 3.57. The Bertz CT molecular complexity index is 274. The lowest BCUT2D eigenvalue weighted by molar-refractivity contribution is 0.0929. The number of hydrogen-bond acceptors (Lipinski definition) is 1. The van der Waals surface area contributed by atoms with Gasteiger partial charge >= 0.3 is 0 Å². The van der Waals surface area contributed by atoms with Crippen LogP contribution in [-0.4, -0.2) is 13.1 Å². The average Bonchev–Trinajstić information content (AvgIpc) is 2.33. The lowest BCUT2D eigenvalue weighted by Gasteiger charge is -2.42. The summed E-state index contributed by atoms with van der Waals surface area (Å²) in [7, 11) is 0. The van der Waals surface area contributed by atoms with Crippen LogP contribution >= 0.6 is 0 Å². The van der Waals surface area contributed by atoms with Gasteiger partial charge in [0.1, 0.15) is 0 Å². The van der Waals surface area contributed by atoms with Crippen molar-refractivity contribution < 1.29 is 0 Å². The second-order valence-corrected chi connectivity index (χ2v) is 7.70.